The molecular formula is C12H18N2O2S. The molecule has 0 amide bonds. The molecule has 1 aromatic rings. The summed E-state index contributed by atoms with van der Waals surface area (Å²) in [6.07, 6.45) is 2.97. The van der Waals surface area contributed by atoms with Crippen LogP contribution in [0.3, 0.4) is 0 Å². The number of piperidine rings is 1. The normalized spacial score (nSPS) is 22.5. The Bertz CT molecular complexity index is 499. The largest absolute Gasteiger partial charge is 0.399 e. The van der Waals surface area contributed by atoms with E-state index in [0.29, 0.717) is 17.1 Å². The fourth-order valence-electron chi connectivity index (χ4n) is 2.24. The summed E-state index contributed by atoms with van der Waals surface area (Å²) in [6.45, 7) is 2.57. The van der Waals surface area contributed by atoms with Crippen molar-refractivity contribution in [2.45, 2.75) is 37.1 Å². The van der Waals surface area contributed by atoms with Crippen molar-refractivity contribution in [2.75, 3.05) is 12.3 Å². The second kappa shape index (κ2) is 4.66. The van der Waals surface area contributed by atoms with Gasteiger partial charge in [-0.15, -0.1) is 0 Å². The molecular weight excluding hydrogens is 236 g/mol. The first kappa shape index (κ1) is 12.4. The van der Waals surface area contributed by atoms with Crippen LogP contribution in [0.4, 0.5) is 5.69 Å². The quantitative estimate of drug-likeness (QED) is 0.819. The van der Waals surface area contributed by atoms with Gasteiger partial charge in [-0.25, -0.2) is 8.42 Å². The highest BCUT2D eigenvalue weighted by Crippen LogP contribution is 2.25. The van der Waals surface area contributed by atoms with Crippen molar-refractivity contribution in [1.29, 1.82) is 0 Å². The van der Waals surface area contributed by atoms with Crippen LogP contribution in [0.5, 0.6) is 0 Å². The van der Waals surface area contributed by atoms with Crippen LogP contribution in [0.1, 0.15) is 26.2 Å². The lowest BCUT2D eigenvalue weighted by molar-refractivity contribution is 0.268. The zero-order valence-corrected chi connectivity index (χ0v) is 10.8. The molecule has 0 spiro atoms. The fourth-order valence-corrected chi connectivity index (χ4v) is 3.99. The summed E-state index contributed by atoms with van der Waals surface area (Å²) in [6, 6.07) is 6.58. The second-order valence-electron chi connectivity index (χ2n) is 4.53. The molecule has 1 aliphatic rings. The van der Waals surface area contributed by atoms with E-state index in [1.165, 1.54) is 6.07 Å². The van der Waals surface area contributed by atoms with E-state index in [0.717, 1.165) is 19.3 Å². The number of hydrogen-bond donors (Lipinski definition) is 1. The summed E-state index contributed by atoms with van der Waals surface area (Å²) in [4.78, 5) is 0.297. The molecule has 2 rings (SSSR count). The predicted octanol–water partition coefficient (Wildman–Crippen LogP) is 1.83. The van der Waals surface area contributed by atoms with Gasteiger partial charge in [-0.05, 0) is 38.0 Å². The van der Waals surface area contributed by atoms with Crippen LogP contribution in [0.2, 0.25) is 0 Å². The lowest BCUT2D eigenvalue weighted by Gasteiger charge is -2.32. The number of hydrogen-bond acceptors (Lipinski definition) is 3. The maximum absolute atomic E-state index is 12.4. The smallest absolute Gasteiger partial charge is 0.243 e. The van der Waals surface area contributed by atoms with Crippen LogP contribution >= 0.6 is 0 Å². The number of benzene rings is 1. The van der Waals surface area contributed by atoms with Crippen molar-refractivity contribution < 1.29 is 8.42 Å². The van der Waals surface area contributed by atoms with E-state index in [9.17, 15) is 8.42 Å². The van der Waals surface area contributed by atoms with Gasteiger partial charge in [-0.3, -0.25) is 0 Å². The van der Waals surface area contributed by atoms with Gasteiger partial charge < -0.3 is 5.73 Å². The van der Waals surface area contributed by atoms with E-state index in [1.807, 2.05) is 6.92 Å². The zero-order chi connectivity index (χ0) is 12.5. The van der Waals surface area contributed by atoms with Crippen LogP contribution in [-0.2, 0) is 10.0 Å². The fraction of sp³-hybridized carbons (Fsp3) is 0.500. The SMILES string of the molecule is C[C@H]1CCCCN1S(=O)(=O)c1cccc(N)c1. The minimum atomic E-state index is -3.38. The average molecular weight is 254 g/mol. The Balaban J connectivity index is 2.35. The van der Waals surface area contributed by atoms with Crippen molar-refractivity contribution in [3.05, 3.63) is 24.3 Å². The Morgan fingerprint density at radius 1 is 1.35 bits per heavy atom. The van der Waals surface area contributed by atoms with Crippen LogP contribution < -0.4 is 5.73 Å². The van der Waals surface area contributed by atoms with Crippen LogP contribution in [0.25, 0.3) is 0 Å². The number of nitrogens with zero attached hydrogens (tertiary/aromatic N) is 1. The lowest BCUT2D eigenvalue weighted by Crippen LogP contribution is -2.41. The molecule has 0 aromatic heterocycles. The molecule has 94 valence electrons. The standard InChI is InChI=1S/C12H18N2O2S/c1-10-5-2-3-8-14(10)17(15,16)12-7-4-6-11(13)9-12/h4,6-7,9-10H,2-3,5,8,13H2,1H3/t10-/m0/s1. The summed E-state index contributed by atoms with van der Waals surface area (Å²) < 4.78 is 26.4. The molecule has 0 radical (unpaired) electrons. The first-order chi connectivity index (χ1) is 8.01. The third kappa shape index (κ3) is 2.45. The number of rotatable bonds is 2. The Morgan fingerprint density at radius 2 is 2.12 bits per heavy atom. The van der Waals surface area contributed by atoms with Gasteiger partial charge in [0, 0.05) is 18.3 Å². The van der Waals surface area contributed by atoms with E-state index in [1.54, 1.807) is 22.5 Å². The minimum absolute atomic E-state index is 0.0789. The van der Waals surface area contributed by atoms with Crippen molar-refractivity contribution in [3.8, 4) is 0 Å². The summed E-state index contributed by atoms with van der Waals surface area (Å²) >= 11 is 0. The zero-order valence-electron chi connectivity index (χ0n) is 9.96. The summed E-state index contributed by atoms with van der Waals surface area (Å²) in [5.41, 5.74) is 6.12. The Kier molecular flexibility index (Phi) is 3.40. The minimum Gasteiger partial charge on any atom is -0.399 e. The second-order valence-corrected chi connectivity index (χ2v) is 6.42. The summed E-state index contributed by atoms with van der Waals surface area (Å²) in [5, 5.41) is 0. The number of sulfonamides is 1. The van der Waals surface area contributed by atoms with Crippen molar-refractivity contribution >= 4 is 15.7 Å². The first-order valence-corrected chi connectivity index (χ1v) is 7.33. The van der Waals surface area contributed by atoms with Gasteiger partial charge >= 0.3 is 0 Å². The molecule has 1 atom stereocenters. The highest BCUT2D eigenvalue weighted by atomic mass is 32.2. The van der Waals surface area contributed by atoms with Gasteiger partial charge in [-0.1, -0.05) is 12.5 Å². The lowest BCUT2D eigenvalue weighted by atomic mass is 10.1. The number of nitrogens with two attached hydrogens (primary N) is 1. The van der Waals surface area contributed by atoms with Crippen LogP contribution in [0, 0.1) is 0 Å². The van der Waals surface area contributed by atoms with Gasteiger partial charge in [0.25, 0.3) is 0 Å². The molecule has 4 nitrogen and oxygen atoms in total. The molecule has 0 aliphatic carbocycles. The molecule has 17 heavy (non-hydrogen) atoms. The van der Waals surface area contributed by atoms with E-state index in [-0.39, 0.29) is 6.04 Å². The molecule has 2 N–H and O–H groups in total. The molecule has 5 heteroatoms. The predicted molar refractivity (Wildman–Crippen MR) is 68.1 cm³/mol. The summed E-state index contributed by atoms with van der Waals surface area (Å²) in [7, 11) is -3.38. The number of nitrogen functional groups attached to an aromatic ring is 1. The molecule has 0 saturated carbocycles. The highest BCUT2D eigenvalue weighted by molar-refractivity contribution is 7.89. The molecule has 1 aromatic carbocycles. The molecule has 1 saturated heterocycles. The maximum atomic E-state index is 12.4. The number of anilines is 1. The van der Waals surface area contributed by atoms with Crippen molar-refractivity contribution in [3.63, 3.8) is 0 Å². The maximum Gasteiger partial charge on any atom is 0.243 e. The van der Waals surface area contributed by atoms with Gasteiger partial charge in [-0.2, -0.15) is 4.31 Å². The first-order valence-electron chi connectivity index (χ1n) is 5.89. The highest BCUT2D eigenvalue weighted by Gasteiger charge is 2.30. The van der Waals surface area contributed by atoms with E-state index < -0.39 is 10.0 Å². The Labute approximate surface area is 102 Å². The Hall–Kier alpha value is -1.07. The van der Waals surface area contributed by atoms with E-state index >= 15 is 0 Å². The molecule has 0 bridgehead atoms. The third-order valence-electron chi connectivity index (χ3n) is 3.21. The van der Waals surface area contributed by atoms with Crippen LogP contribution in [0.15, 0.2) is 29.2 Å². The molecule has 0 unspecified atom stereocenters. The van der Waals surface area contributed by atoms with Gasteiger partial charge in [0.05, 0.1) is 4.90 Å². The van der Waals surface area contributed by atoms with Crippen molar-refractivity contribution in [2.24, 2.45) is 0 Å². The van der Waals surface area contributed by atoms with Crippen LogP contribution in [-0.4, -0.2) is 25.3 Å². The third-order valence-corrected chi connectivity index (χ3v) is 5.22. The molecule has 1 heterocycles. The molecule has 1 fully saturated rings. The summed E-state index contributed by atoms with van der Waals surface area (Å²) in [5.74, 6) is 0. The monoisotopic (exact) mass is 254 g/mol. The average Bonchev–Trinajstić information content (AvgIpc) is 2.29. The van der Waals surface area contributed by atoms with E-state index in [2.05, 4.69) is 0 Å². The Morgan fingerprint density at radius 3 is 2.76 bits per heavy atom. The van der Waals surface area contributed by atoms with Gasteiger partial charge in [0.15, 0.2) is 0 Å². The van der Waals surface area contributed by atoms with Crippen molar-refractivity contribution in [1.82, 2.24) is 4.31 Å². The topological polar surface area (TPSA) is 63.4 Å². The van der Waals surface area contributed by atoms with Gasteiger partial charge in [0.2, 0.25) is 10.0 Å². The molecule has 1 aliphatic heterocycles. The van der Waals surface area contributed by atoms with E-state index in [4.69, 9.17) is 5.73 Å². The van der Waals surface area contributed by atoms with Gasteiger partial charge in [0.1, 0.15) is 0 Å².